The number of anilines is 2. The molecule has 604 valence electrons. The lowest BCUT2D eigenvalue weighted by Crippen LogP contribution is -2.62. The number of nitrogens with zero attached hydrogens (tertiary/aromatic N) is 10. The second-order valence-corrected chi connectivity index (χ2v) is 47.6. The summed E-state index contributed by atoms with van der Waals surface area (Å²) in [5.41, 5.74) is 15.4. The van der Waals surface area contributed by atoms with Crippen LogP contribution in [-0.4, -0.2) is 202 Å². The predicted molar refractivity (Wildman–Crippen MR) is 435 cm³/mol. The molecule has 12 heterocycles. The van der Waals surface area contributed by atoms with Gasteiger partial charge in [0.05, 0.1) is 72.9 Å². The molecular weight excluding hydrogens is 1700 g/mol. The molecule has 0 bridgehead atoms. The smallest absolute Gasteiger partial charge is 0.355 e. The van der Waals surface area contributed by atoms with Gasteiger partial charge in [0.1, 0.15) is 59.9 Å². The topological polar surface area (TPSA) is 428 Å². The van der Waals surface area contributed by atoms with Gasteiger partial charge >= 0.3 is 32.5 Å². The van der Waals surface area contributed by atoms with Gasteiger partial charge in [-0.3, -0.25) is 46.5 Å². The van der Waals surface area contributed by atoms with Crippen molar-refractivity contribution in [3.8, 4) is 0 Å². The van der Waals surface area contributed by atoms with Crippen LogP contribution in [0.25, 0.3) is 22.3 Å². The normalized spacial score (nSPS) is 24.3. The van der Waals surface area contributed by atoms with Crippen molar-refractivity contribution in [2.75, 3.05) is 60.4 Å². The zero-order valence-electron chi connectivity index (χ0n) is 63.6. The van der Waals surface area contributed by atoms with Crippen LogP contribution in [0.15, 0.2) is 108 Å². The number of carbonyl (C=O) groups is 6. The van der Waals surface area contributed by atoms with Crippen molar-refractivity contribution in [3.63, 3.8) is 0 Å². The number of carbonyl (C=O) groups excluding carboxylic acids is 6. The maximum atomic E-state index is 13.4. The van der Waals surface area contributed by atoms with Gasteiger partial charge in [0.2, 0.25) is 11.8 Å². The number of nitrogen functional groups attached to an aromatic ring is 2. The van der Waals surface area contributed by atoms with Crippen LogP contribution < -0.4 is 21.3 Å². The Kier molecular flexibility index (Phi) is 28.1. The minimum absolute atomic E-state index is 0.0317. The molecule has 41 heteroatoms. The van der Waals surface area contributed by atoms with Crippen molar-refractivity contribution in [1.29, 1.82) is 0 Å². The van der Waals surface area contributed by atoms with Crippen molar-refractivity contribution in [3.05, 3.63) is 118 Å². The molecule has 0 spiro atoms. The number of alkyl halides is 1. The molecule has 12 rings (SSSR count). The summed E-state index contributed by atoms with van der Waals surface area (Å²) < 4.78 is 103. The monoisotopic (exact) mass is 1790 g/mol. The molecule has 0 aliphatic carbocycles. The third-order valence-corrected chi connectivity index (χ3v) is 36.6. The van der Waals surface area contributed by atoms with Crippen LogP contribution in [0.3, 0.4) is 0 Å². The van der Waals surface area contributed by atoms with Gasteiger partial charge in [0.15, 0.2) is 52.0 Å². The molecule has 12 atom stereocenters. The summed E-state index contributed by atoms with van der Waals surface area (Å²) in [4.78, 5) is 107. The largest absolute Gasteiger partial charge is 0.457 e. The van der Waals surface area contributed by atoms with E-state index in [4.69, 9.17) is 52.8 Å². The van der Waals surface area contributed by atoms with E-state index in [1.807, 2.05) is 48.9 Å². The number of thioether (sulfide) groups is 2. The van der Waals surface area contributed by atoms with Gasteiger partial charge in [-0.2, -0.15) is 21.6 Å². The number of ether oxygens (including phenoxy) is 4. The van der Waals surface area contributed by atoms with Crippen LogP contribution in [0, 0.1) is 23.7 Å². The molecule has 0 aromatic carbocycles. The number of Topliss-reactive ketones (excluding diaryl/α,β-unsaturated/α-hetero) is 2. The van der Waals surface area contributed by atoms with E-state index in [-0.39, 0.29) is 132 Å². The Bertz CT molecular complexity index is 4750. The van der Waals surface area contributed by atoms with Gasteiger partial charge < -0.3 is 39.3 Å². The fourth-order valence-electron chi connectivity index (χ4n) is 12.7. The van der Waals surface area contributed by atoms with E-state index in [1.165, 1.54) is 57.7 Å². The Morgan fingerprint density at radius 1 is 0.658 bits per heavy atom. The average molecular weight is 1800 g/mol. The van der Waals surface area contributed by atoms with Crippen molar-refractivity contribution < 1.29 is 81.8 Å². The summed E-state index contributed by atoms with van der Waals surface area (Å²) in [6.07, 6.45) is 6.11. The molecule has 32 nitrogen and oxygen atoms in total. The van der Waals surface area contributed by atoms with Crippen molar-refractivity contribution in [1.82, 2.24) is 53.6 Å². The Morgan fingerprint density at radius 2 is 1.07 bits per heavy atom. The zero-order chi connectivity index (χ0) is 81.0. The molecule has 6 aliphatic heterocycles. The third kappa shape index (κ3) is 20.0. The van der Waals surface area contributed by atoms with E-state index < -0.39 is 97.1 Å². The summed E-state index contributed by atoms with van der Waals surface area (Å²) in [5, 5.41) is 8.04. The number of fused-ring (bicyclic) bond motifs is 4. The van der Waals surface area contributed by atoms with Gasteiger partial charge in [-0.25, -0.2) is 44.6 Å². The van der Waals surface area contributed by atoms with Crippen LogP contribution >= 0.6 is 68.8 Å². The Morgan fingerprint density at radius 3 is 1.46 bits per heavy atom. The number of nitrogens with two attached hydrogens (primary N) is 3. The summed E-state index contributed by atoms with van der Waals surface area (Å²) in [6, 6.07) is 7.58. The minimum atomic E-state index is -4.40. The van der Waals surface area contributed by atoms with Crippen LogP contribution in [0.5, 0.6) is 0 Å². The molecule has 4 fully saturated rings. The molecule has 111 heavy (non-hydrogen) atoms. The van der Waals surface area contributed by atoms with Gasteiger partial charge in [0.25, 0.3) is 0 Å². The number of aromatic nitrogens is 8. The second kappa shape index (κ2) is 35.9. The Hall–Kier alpha value is -6.28. The molecule has 2 unspecified atom stereocenters. The van der Waals surface area contributed by atoms with Gasteiger partial charge in [-0.05, 0) is 70.3 Å². The number of esters is 2. The maximum Gasteiger partial charge on any atom is 0.355 e. The second-order valence-electron chi connectivity index (χ2n) is 30.4. The quantitative estimate of drug-likeness (QED) is 0.00817. The highest BCUT2D eigenvalue weighted by atomic mass is 127. The molecule has 6 aromatic heterocycles. The SMILES string of the molecule is C=CCOC(=O)C1=C(CI)CS[C@@H]2[C@H](CC(=O)Cc3cccs3)C(=O)N12.C=CCOC(=O)C1=C(CNS(=O)(=O)OC[C@H]2O[C@@H](n3cnc4c(N)ncnc43)C(O[Si](C)(C)C(C)(C)C)[C@@H]2C)CS[C@@H]2[C@H](CC(=O)Cc3cccs3)C(=O)N12.C[C@H]1C(O[Si](C)(C)C(C)(C)C)[C@H](n2cnc3c(N)ncnc32)O[C@@H]1COS(N)(=O)=O. The first-order valence-corrected chi connectivity index (χ1v) is 49.6. The summed E-state index contributed by atoms with van der Waals surface area (Å²) >= 11 is 8.18. The third-order valence-electron chi connectivity index (χ3n) is 20.8. The maximum absolute atomic E-state index is 13.4. The molecule has 4 saturated heterocycles. The number of hydrogen-bond donors (Lipinski definition) is 4. The van der Waals surface area contributed by atoms with Gasteiger partial charge in [0, 0.05) is 69.8 Å². The standard InChI is InChI=1S/C35H47N7O9S3Si.C18H18INO4S2.C17H30N6O5SSi/c1-8-11-48-34(45)27-21(17-53-33-24(31(44)42(27)33)14-22(43)13-23-10-9-12-52-23)15-40-54(46,47)49-16-25-20(2)28(51-55(6,7)35(3,4)5)32(50-25)41-19-39-26-29(36)37-18-38-30(26)41;1-2-5-24-18(23)15-11(9-19)10-26-17-14(16(22)20(15)17)8-12(21)7-13-4-3-6-25-13;1-10-11(7-26-29(19,24)25)27-16(13(10)28-30(5,6)17(2,3)4)23-9-22-12-14(18)20-8-21-15(12)23/h8-10,12,18-20,24-25,28,32-33,40H,1,11,13-17H2,2-7H3,(H2,36,37,38);2-4,6,14,17H,1,5,7-10H2;8-11,13,16H,7H2,1-6H3,(H2,18,20,21)(H2,19,24,25)/t20-,24-,25-,28?,32-,33-;14-,17-;10-,11-,13?,16-/m111/s1. The highest BCUT2D eigenvalue weighted by Gasteiger charge is 2.57. The average Bonchev–Trinajstić information content (AvgIpc) is 1.73. The lowest BCUT2D eigenvalue weighted by Gasteiger charge is -2.49. The van der Waals surface area contributed by atoms with Crippen LogP contribution in [-0.2, 0) is 98.4 Å². The fourth-order valence-corrected chi connectivity index (χ4v) is 21.7. The van der Waals surface area contributed by atoms with Crippen molar-refractivity contribution in [2.24, 2.45) is 28.8 Å². The van der Waals surface area contributed by atoms with Gasteiger partial charge in [-0.1, -0.05) is 115 Å². The first-order valence-electron chi connectivity index (χ1n) is 35.6. The van der Waals surface area contributed by atoms with E-state index in [0.717, 1.165) is 15.3 Å². The minimum Gasteiger partial charge on any atom is -0.457 e. The highest BCUT2D eigenvalue weighted by Crippen LogP contribution is 2.50. The van der Waals surface area contributed by atoms with Crippen LogP contribution in [0.4, 0.5) is 11.6 Å². The number of thiophene rings is 2. The van der Waals surface area contributed by atoms with E-state index in [9.17, 15) is 45.6 Å². The Labute approximate surface area is 677 Å². The van der Waals surface area contributed by atoms with Gasteiger partial charge in [-0.15, -0.1) is 46.2 Å². The van der Waals surface area contributed by atoms with Crippen molar-refractivity contribution in [2.45, 2.75) is 165 Å². The number of halogens is 1. The van der Waals surface area contributed by atoms with Crippen molar-refractivity contribution >= 4 is 175 Å². The Balaban J connectivity index is 0.000000196. The molecule has 6 aromatic rings. The number of amides is 2. The number of imidazole rings is 2. The number of β-lactam (4-membered cyclic amide) rings is 2. The molecule has 0 saturated carbocycles. The highest BCUT2D eigenvalue weighted by molar-refractivity contribution is 14.1. The van der Waals surface area contributed by atoms with Crippen LogP contribution in [0.1, 0.15) is 90.4 Å². The van der Waals surface area contributed by atoms with E-state index >= 15 is 0 Å². The predicted octanol–water partition coefficient (Wildman–Crippen LogP) is 8.71. The molecule has 6 aliphatic rings. The number of rotatable bonds is 30. The molecular formula is C70H95IN14O18S6Si2. The first-order chi connectivity index (χ1) is 52.2. The number of ketones is 2. The molecule has 2 amide bonds. The zero-order valence-corrected chi connectivity index (χ0v) is 72.7. The molecule has 7 N–H and O–H groups in total. The van der Waals surface area contributed by atoms with E-state index in [2.05, 4.69) is 138 Å². The summed E-state index contributed by atoms with van der Waals surface area (Å²) in [5.74, 6) is -1.93. The van der Waals surface area contributed by atoms with Crippen LogP contribution in [0.2, 0.25) is 36.3 Å². The molecule has 0 radical (unpaired) electrons. The lowest BCUT2D eigenvalue weighted by molar-refractivity contribution is -0.155. The van der Waals surface area contributed by atoms with E-state index in [1.54, 1.807) is 44.9 Å². The van der Waals surface area contributed by atoms with E-state index in [0.29, 0.717) is 50.2 Å². The number of nitrogens with one attached hydrogen (secondary N) is 1. The summed E-state index contributed by atoms with van der Waals surface area (Å²) in [6.45, 7) is 31.5. The number of hydrogen-bond acceptors (Lipinski definition) is 30. The first kappa shape index (κ1) is 87.1. The lowest BCUT2D eigenvalue weighted by atomic mass is 9.89. The summed E-state index contributed by atoms with van der Waals surface area (Å²) in [7, 11) is -13.0. The fraction of sp³-hybridized carbons (Fsp3) is 0.543.